The smallest absolute Gasteiger partial charge is 0.0208 e. The lowest BCUT2D eigenvalue weighted by atomic mass is 9.74. The second-order valence-corrected chi connectivity index (χ2v) is 6.75. The van der Waals surface area contributed by atoms with Crippen LogP contribution in [0.25, 0.3) is 0 Å². The third-order valence-electron chi connectivity index (χ3n) is 5.13. The molecule has 1 fully saturated rings. The normalized spacial score (nSPS) is 24.5. The molecule has 1 N–H and O–H groups in total. The molecular weight excluding hydrogens is 230 g/mol. The molecule has 1 aliphatic heterocycles. The van der Waals surface area contributed by atoms with E-state index in [1.807, 2.05) is 0 Å². The second kappa shape index (κ2) is 5.66. The summed E-state index contributed by atoms with van der Waals surface area (Å²) in [5, 5.41) is 3.65. The molecule has 0 bridgehead atoms. The van der Waals surface area contributed by atoms with Gasteiger partial charge in [0.15, 0.2) is 0 Å². The van der Waals surface area contributed by atoms with Gasteiger partial charge in [-0.1, -0.05) is 51.3 Å². The first-order chi connectivity index (χ1) is 9.25. The van der Waals surface area contributed by atoms with E-state index in [1.54, 1.807) is 11.1 Å². The maximum Gasteiger partial charge on any atom is 0.0208 e. The molecule has 0 saturated heterocycles. The van der Waals surface area contributed by atoms with E-state index in [4.69, 9.17) is 0 Å². The molecule has 1 saturated carbocycles. The third-order valence-corrected chi connectivity index (χ3v) is 5.13. The van der Waals surface area contributed by atoms with Gasteiger partial charge in [0.25, 0.3) is 0 Å². The number of benzene rings is 1. The van der Waals surface area contributed by atoms with Gasteiger partial charge >= 0.3 is 0 Å². The third kappa shape index (κ3) is 2.72. The first-order valence-corrected chi connectivity index (χ1v) is 8.09. The molecule has 1 nitrogen and oxygen atoms in total. The highest BCUT2D eigenvalue weighted by Crippen LogP contribution is 2.39. The summed E-state index contributed by atoms with van der Waals surface area (Å²) in [4.78, 5) is 0. The molecule has 1 aliphatic carbocycles. The van der Waals surface area contributed by atoms with Gasteiger partial charge < -0.3 is 5.32 Å². The number of fused-ring (bicyclic) bond motifs is 1. The van der Waals surface area contributed by atoms with E-state index in [1.165, 1.54) is 44.2 Å². The van der Waals surface area contributed by atoms with Crippen molar-refractivity contribution in [3.05, 3.63) is 34.9 Å². The zero-order valence-electron chi connectivity index (χ0n) is 12.4. The van der Waals surface area contributed by atoms with Gasteiger partial charge in [0.2, 0.25) is 0 Å². The molecule has 0 spiro atoms. The quantitative estimate of drug-likeness (QED) is 0.818. The van der Waals surface area contributed by atoms with Gasteiger partial charge in [-0.15, -0.1) is 0 Å². The van der Waals surface area contributed by atoms with E-state index < -0.39 is 0 Å². The molecule has 1 aromatic carbocycles. The van der Waals surface area contributed by atoms with E-state index in [-0.39, 0.29) is 0 Å². The molecule has 0 aromatic heterocycles. The van der Waals surface area contributed by atoms with Crippen molar-refractivity contribution in [2.75, 3.05) is 6.54 Å². The summed E-state index contributed by atoms with van der Waals surface area (Å²) in [7, 11) is 0. The van der Waals surface area contributed by atoms with E-state index in [0.717, 1.165) is 18.4 Å². The standard InChI is InChI=1S/C18H27N/c1-13(2)15-8-9-17-16(10-15)11-19-12-18(17)14-6-4-3-5-7-14/h8-10,13-14,18-19H,3-7,11-12H2,1-2H3. The van der Waals surface area contributed by atoms with Crippen molar-refractivity contribution in [2.45, 2.75) is 64.3 Å². The Kier molecular flexibility index (Phi) is 3.93. The fourth-order valence-electron chi connectivity index (χ4n) is 3.93. The Bertz CT molecular complexity index is 429. The Labute approximate surface area is 117 Å². The van der Waals surface area contributed by atoms with Crippen molar-refractivity contribution >= 4 is 0 Å². The molecule has 0 radical (unpaired) electrons. The highest BCUT2D eigenvalue weighted by molar-refractivity contribution is 5.38. The van der Waals surface area contributed by atoms with Gasteiger partial charge in [0.1, 0.15) is 0 Å². The first-order valence-electron chi connectivity index (χ1n) is 8.09. The van der Waals surface area contributed by atoms with Crippen LogP contribution in [0.1, 0.15) is 74.5 Å². The van der Waals surface area contributed by atoms with Gasteiger partial charge in [-0.2, -0.15) is 0 Å². The van der Waals surface area contributed by atoms with E-state index in [9.17, 15) is 0 Å². The van der Waals surface area contributed by atoms with Gasteiger partial charge in [0.05, 0.1) is 0 Å². The van der Waals surface area contributed by atoms with Crippen LogP contribution in [0.4, 0.5) is 0 Å². The molecule has 1 unspecified atom stereocenters. The maximum absolute atomic E-state index is 3.65. The molecular formula is C18H27N. The summed E-state index contributed by atoms with van der Waals surface area (Å²) in [6.07, 6.45) is 7.23. The molecule has 3 rings (SSSR count). The highest BCUT2D eigenvalue weighted by Gasteiger charge is 2.28. The van der Waals surface area contributed by atoms with Crippen LogP contribution in [0, 0.1) is 5.92 Å². The van der Waals surface area contributed by atoms with Gasteiger partial charge in [-0.05, 0) is 47.3 Å². The largest absolute Gasteiger partial charge is 0.312 e. The van der Waals surface area contributed by atoms with Crippen molar-refractivity contribution in [3.63, 3.8) is 0 Å². The van der Waals surface area contributed by atoms with Gasteiger partial charge in [-0.25, -0.2) is 0 Å². The van der Waals surface area contributed by atoms with E-state index in [2.05, 4.69) is 37.4 Å². The highest BCUT2D eigenvalue weighted by atomic mass is 14.9. The maximum atomic E-state index is 3.65. The first kappa shape index (κ1) is 13.2. The number of nitrogens with one attached hydrogen (secondary N) is 1. The molecule has 19 heavy (non-hydrogen) atoms. The molecule has 1 heteroatoms. The molecule has 1 aromatic rings. The fourth-order valence-corrected chi connectivity index (χ4v) is 3.93. The van der Waals surface area contributed by atoms with Crippen LogP contribution in [0.2, 0.25) is 0 Å². The van der Waals surface area contributed by atoms with Crippen LogP contribution >= 0.6 is 0 Å². The fraction of sp³-hybridized carbons (Fsp3) is 0.667. The Balaban J connectivity index is 1.87. The number of hydrogen-bond acceptors (Lipinski definition) is 1. The molecule has 104 valence electrons. The molecule has 1 heterocycles. The van der Waals surface area contributed by atoms with Crippen LogP contribution in [0.3, 0.4) is 0 Å². The van der Waals surface area contributed by atoms with Crippen LogP contribution in [-0.2, 0) is 6.54 Å². The lowest BCUT2D eigenvalue weighted by molar-refractivity contribution is 0.288. The summed E-state index contributed by atoms with van der Waals surface area (Å²) in [6, 6.07) is 7.25. The predicted octanol–water partition coefficient (Wildman–Crippen LogP) is 4.58. The minimum atomic E-state index is 0.639. The minimum absolute atomic E-state index is 0.639. The SMILES string of the molecule is CC(C)c1ccc2c(c1)CNCC2C1CCCCC1. The molecule has 1 atom stereocenters. The lowest BCUT2D eigenvalue weighted by Gasteiger charge is -2.35. The second-order valence-electron chi connectivity index (χ2n) is 6.75. The minimum Gasteiger partial charge on any atom is -0.312 e. The van der Waals surface area contributed by atoms with Crippen molar-refractivity contribution in [1.82, 2.24) is 5.32 Å². The molecule has 0 amide bonds. The topological polar surface area (TPSA) is 12.0 Å². The Morgan fingerprint density at radius 2 is 1.89 bits per heavy atom. The van der Waals surface area contributed by atoms with Crippen molar-refractivity contribution < 1.29 is 0 Å². The van der Waals surface area contributed by atoms with Crippen molar-refractivity contribution in [2.24, 2.45) is 5.92 Å². The summed E-state index contributed by atoms with van der Waals surface area (Å²) < 4.78 is 0. The van der Waals surface area contributed by atoms with Gasteiger partial charge in [0, 0.05) is 13.1 Å². The lowest BCUT2D eigenvalue weighted by Crippen LogP contribution is -2.33. The van der Waals surface area contributed by atoms with Crippen LogP contribution in [-0.4, -0.2) is 6.54 Å². The average Bonchev–Trinajstić information content (AvgIpc) is 2.47. The van der Waals surface area contributed by atoms with Gasteiger partial charge in [-0.3, -0.25) is 0 Å². The Morgan fingerprint density at radius 1 is 1.11 bits per heavy atom. The average molecular weight is 257 g/mol. The van der Waals surface area contributed by atoms with Crippen molar-refractivity contribution in [3.8, 4) is 0 Å². The molecule has 2 aliphatic rings. The van der Waals surface area contributed by atoms with Crippen molar-refractivity contribution in [1.29, 1.82) is 0 Å². The predicted molar refractivity (Wildman–Crippen MR) is 81.6 cm³/mol. The van der Waals surface area contributed by atoms with E-state index in [0.29, 0.717) is 5.92 Å². The zero-order valence-corrected chi connectivity index (χ0v) is 12.4. The number of hydrogen-bond donors (Lipinski definition) is 1. The summed E-state index contributed by atoms with van der Waals surface area (Å²) >= 11 is 0. The van der Waals surface area contributed by atoms with Crippen LogP contribution in [0.5, 0.6) is 0 Å². The number of rotatable bonds is 2. The van der Waals surface area contributed by atoms with Crippen LogP contribution in [0.15, 0.2) is 18.2 Å². The summed E-state index contributed by atoms with van der Waals surface area (Å²) in [5.74, 6) is 2.33. The Morgan fingerprint density at radius 3 is 2.63 bits per heavy atom. The van der Waals surface area contributed by atoms with E-state index >= 15 is 0 Å². The summed E-state index contributed by atoms with van der Waals surface area (Å²) in [5.41, 5.74) is 4.70. The monoisotopic (exact) mass is 257 g/mol. The summed E-state index contributed by atoms with van der Waals surface area (Å²) in [6.45, 7) is 6.84. The Hall–Kier alpha value is -0.820. The van der Waals surface area contributed by atoms with Crippen LogP contribution < -0.4 is 5.32 Å². The zero-order chi connectivity index (χ0) is 13.2.